The predicted octanol–water partition coefficient (Wildman–Crippen LogP) is -0.964. The number of fused-ring (bicyclic) bond motifs is 1. The fraction of sp³-hybridized carbons (Fsp3) is 0.500. The number of hydrogen-bond donors (Lipinski definition) is 4. The minimum Gasteiger partial charge on any atom is -0.396 e. The number of hydrogen-bond acceptors (Lipinski definition) is 5. The van der Waals surface area contributed by atoms with Gasteiger partial charge in [0.25, 0.3) is 5.56 Å². The summed E-state index contributed by atoms with van der Waals surface area (Å²) in [6.45, 7) is 1.48. The standard InChI is InChI=1S/C12H16N4O3/c17-4-8-3-16(9(8)5-18)2-7-1-13-11-10(7)14-6-15-12(11)19/h1,6,8-9,13,17-18H,2-5H2,(H,14,15,19)/t8-,9+/m1/s1. The van der Waals surface area contributed by atoms with Gasteiger partial charge in [0.1, 0.15) is 5.52 Å². The molecule has 3 heterocycles. The number of nitrogens with zero attached hydrogens (tertiary/aromatic N) is 2. The highest BCUT2D eigenvalue weighted by atomic mass is 16.3. The van der Waals surface area contributed by atoms with E-state index in [9.17, 15) is 9.90 Å². The van der Waals surface area contributed by atoms with Gasteiger partial charge in [0.2, 0.25) is 0 Å². The average Bonchev–Trinajstić information content (AvgIpc) is 2.79. The van der Waals surface area contributed by atoms with E-state index in [2.05, 4.69) is 19.9 Å². The molecule has 0 bridgehead atoms. The Morgan fingerprint density at radius 1 is 1.37 bits per heavy atom. The van der Waals surface area contributed by atoms with E-state index in [1.54, 1.807) is 6.20 Å². The molecule has 0 aromatic carbocycles. The van der Waals surface area contributed by atoms with E-state index in [1.807, 2.05) is 0 Å². The Labute approximate surface area is 108 Å². The molecule has 2 aromatic rings. The Balaban J connectivity index is 1.83. The van der Waals surface area contributed by atoms with Crippen molar-refractivity contribution in [3.63, 3.8) is 0 Å². The molecule has 102 valence electrons. The largest absolute Gasteiger partial charge is 0.396 e. The van der Waals surface area contributed by atoms with Crippen molar-refractivity contribution in [2.75, 3.05) is 19.8 Å². The van der Waals surface area contributed by atoms with E-state index in [4.69, 9.17) is 5.11 Å². The van der Waals surface area contributed by atoms with E-state index in [0.29, 0.717) is 17.6 Å². The van der Waals surface area contributed by atoms with Crippen molar-refractivity contribution in [2.45, 2.75) is 12.6 Å². The quantitative estimate of drug-likeness (QED) is 0.569. The highest BCUT2D eigenvalue weighted by Gasteiger charge is 2.37. The molecule has 19 heavy (non-hydrogen) atoms. The molecule has 3 rings (SSSR count). The van der Waals surface area contributed by atoms with Crippen LogP contribution < -0.4 is 5.56 Å². The summed E-state index contributed by atoms with van der Waals surface area (Å²) in [4.78, 5) is 23.3. The number of H-pyrrole nitrogens is 2. The summed E-state index contributed by atoms with van der Waals surface area (Å²) in [7, 11) is 0. The molecule has 0 aliphatic carbocycles. The lowest BCUT2D eigenvalue weighted by atomic mass is 9.89. The van der Waals surface area contributed by atoms with Crippen LogP contribution in [0.2, 0.25) is 0 Å². The molecule has 0 amide bonds. The zero-order chi connectivity index (χ0) is 13.4. The van der Waals surface area contributed by atoms with Crippen molar-refractivity contribution in [1.29, 1.82) is 0 Å². The predicted molar refractivity (Wildman–Crippen MR) is 68.6 cm³/mol. The smallest absolute Gasteiger partial charge is 0.275 e. The first-order chi connectivity index (χ1) is 9.24. The summed E-state index contributed by atoms with van der Waals surface area (Å²) in [5.41, 5.74) is 1.87. The van der Waals surface area contributed by atoms with E-state index < -0.39 is 0 Å². The molecule has 0 spiro atoms. The molecular weight excluding hydrogens is 248 g/mol. The Kier molecular flexibility index (Phi) is 3.09. The van der Waals surface area contributed by atoms with Gasteiger partial charge in [-0.3, -0.25) is 9.69 Å². The van der Waals surface area contributed by atoms with Crippen molar-refractivity contribution in [1.82, 2.24) is 19.9 Å². The topological polar surface area (TPSA) is 105 Å². The number of nitrogens with one attached hydrogen (secondary N) is 2. The Morgan fingerprint density at radius 2 is 2.21 bits per heavy atom. The third-order valence-corrected chi connectivity index (χ3v) is 3.83. The number of aliphatic hydroxyl groups excluding tert-OH is 2. The molecule has 7 nitrogen and oxygen atoms in total. The molecule has 4 N–H and O–H groups in total. The highest BCUT2D eigenvalue weighted by Crippen LogP contribution is 2.27. The molecule has 2 aromatic heterocycles. The first-order valence-corrected chi connectivity index (χ1v) is 6.24. The second-order valence-corrected chi connectivity index (χ2v) is 4.89. The molecular formula is C12H16N4O3. The van der Waals surface area contributed by atoms with Crippen molar-refractivity contribution >= 4 is 11.0 Å². The van der Waals surface area contributed by atoms with Crippen LogP contribution in [-0.2, 0) is 6.54 Å². The molecule has 0 unspecified atom stereocenters. The van der Waals surface area contributed by atoms with Crippen LogP contribution in [0.25, 0.3) is 11.0 Å². The summed E-state index contributed by atoms with van der Waals surface area (Å²) in [5, 5.41) is 18.5. The number of aromatic amines is 2. The lowest BCUT2D eigenvalue weighted by Crippen LogP contribution is -2.58. The van der Waals surface area contributed by atoms with Crippen LogP contribution >= 0.6 is 0 Å². The van der Waals surface area contributed by atoms with E-state index in [-0.39, 0.29) is 30.7 Å². The average molecular weight is 264 g/mol. The molecule has 1 aliphatic heterocycles. The zero-order valence-electron chi connectivity index (χ0n) is 10.3. The molecule has 0 saturated carbocycles. The summed E-state index contributed by atoms with van der Waals surface area (Å²) < 4.78 is 0. The normalized spacial score (nSPS) is 23.7. The van der Waals surface area contributed by atoms with Gasteiger partial charge in [-0.05, 0) is 0 Å². The van der Waals surface area contributed by atoms with Crippen LogP contribution in [0, 0.1) is 5.92 Å². The molecule has 7 heteroatoms. The highest BCUT2D eigenvalue weighted by molar-refractivity contribution is 5.77. The molecule has 1 saturated heterocycles. The third kappa shape index (κ3) is 1.95. The van der Waals surface area contributed by atoms with Gasteiger partial charge in [-0.15, -0.1) is 0 Å². The van der Waals surface area contributed by atoms with Crippen molar-refractivity contribution in [3.05, 3.63) is 28.4 Å². The van der Waals surface area contributed by atoms with Crippen molar-refractivity contribution < 1.29 is 10.2 Å². The summed E-state index contributed by atoms with van der Waals surface area (Å²) in [6.07, 6.45) is 3.16. The second kappa shape index (κ2) is 4.76. The van der Waals surface area contributed by atoms with Crippen molar-refractivity contribution in [2.24, 2.45) is 5.92 Å². The lowest BCUT2D eigenvalue weighted by Gasteiger charge is -2.46. The Hall–Kier alpha value is -1.70. The fourth-order valence-corrected chi connectivity index (χ4v) is 2.69. The number of aliphatic hydroxyl groups is 2. The fourth-order valence-electron chi connectivity index (χ4n) is 2.69. The van der Waals surface area contributed by atoms with Crippen LogP contribution in [0.15, 0.2) is 17.3 Å². The minimum absolute atomic E-state index is 0.0167. The molecule has 1 aliphatic rings. The van der Waals surface area contributed by atoms with Crippen molar-refractivity contribution in [3.8, 4) is 0 Å². The third-order valence-electron chi connectivity index (χ3n) is 3.83. The monoisotopic (exact) mass is 264 g/mol. The van der Waals surface area contributed by atoms with Gasteiger partial charge < -0.3 is 20.2 Å². The number of likely N-dealkylation sites (tertiary alicyclic amines) is 1. The zero-order valence-corrected chi connectivity index (χ0v) is 10.3. The number of rotatable bonds is 4. The Morgan fingerprint density at radius 3 is 2.95 bits per heavy atom. The minimum atomic E-state index is -0.188. The van der Waals surface area contributed by atoms with Gasteiger partial charge in [0.15, 0.2) is 0 Å². The maximum atomic E-state index is 11.6. The van der Waals surface area contributed by atoms with Gasteiger partial charge in [0.05, 0.1) is 18.5 Å². The maximum absolute atomic E-state index is 11.6. The van der Waals surface area contributed by atoms with Crippen LogP contribution in [0.4, 0.5) is 0 Å². The van der Waals surface area contributed by atoms with Gasteiger partial charge in [0, 0.05) is 43.4 Å². The van der Waals surface area contributed by atoms with Crippen LogP contribution in [-0.4, -0.2) is 55.9 Å². The van der Waals surface area contributed by atoms with E-state index in [1.165, 1.54) is 6.33 Å². The van der Waals surface area contributed by atoms with Gasteiger partial charge >= 0.3 is 0 Å². The molecule has 1 fully saturated rings. The number of aromatic nitrogens is 3. The SMILES string of the molecule is O=c1[nH]cnc2c(CN3C[C@H](CO)[C@@H]3CO)c[nH]c12. The first kappa shape index (κ1) is 12.3. The van der Waals surface area contributed by atoms with Gasteiger partial charge in [-0.2, -0.15) is 0 Å². The van der Waals surface area contributed by atoms with Gasteiger partial charge in [-0.1, -0.05) is 0 Å². The molecule has 0 radical (unpaired) electrons. The Bertz CT molecular complexity index is 635. The second-order valence-electron chi connectivity index (χ2n) is 4.89. The van der Waals surface area contributed by atoms with Crippen LogP contribution in [0.1, 0.15) is 5.56 Å². The van der Waals surface area contributed by atoms with Crippen LogP contribution in [0.5, 0.6) is 0 Å². The van der Waals surface area contributed by atoms with E-state index >= 15 is 0 Å². The summed E-state index contributed by atoms with van der Waals surface area (Å²) in [5.74, 6) is 0.131. The summed E-state index contributed by atoms with van der Waals surface area (Å²) >= 11 is 0. The van der Waals surface area contributed by atoms with E-state index in [0.717, 1.165) is 12.1 Å². The molecule has 2 atom stereocenters. The maximum Gasteiger partial charge on any atom is 0.275 e. The van der Waals surface area contributed by atoms with Gasteiger partial charge in [-0.25, -0.2) is 4.98 Å². The lowest BCUT2D eigenvalue weighted by molar-refractivity contribution is -0.0493. The van der Waals surface area contributed by atoms with Crippen LogP contribution in [0.3, 0.4) is 0 Å². The summed E-state index contributed by atoms with van der Waals surface area (Å²) in [6, 6.07) is -0.0167. The first-order valence-electron chi connectivity index (χ1n) is 6.24.